The third-order valence-corrected chi connectivity index (χ3v) is 6.97. The Morgan fingerprint density at radius 3 is 2.37 bits per heavy atom. The van der Waals surface area contributed by atoms with Crippen molar-refractivity contribution in [3.8, 4) is 0 Å². The van der Waals surface area contributed by atoms with Gasteiger partial charge in [-0.2, -0.15) is 11.3 Å². The minimum Gasteiger partial charge on any atom is -0.342 e. The molecule has 0 N–H and O–H groups in total. The summed E-state index contributed by atoms with van der Waals surface area (Å²) >= 11 is 1.51. The van der Waals surface area contributed by atoms with Crippen LogP contribution in [0.1, 0.15) is 37.0 Å². The predicted octanol–water partition coefficient (Wildman–Crippen LogP) is 1.93. The van der Waals surface area contributed by atoms with Crippen molar-refractivity contribution >= 4 is 29.1 Å². The Bertz CT molecular complexity index is 742. The molecule has 3 fully saturated rings. The van der Waals surface area contributed by atoms with Crippen molar-refractivity contribution in [3.63, 3.8) is 0 Å². The van der Waals surface area contributed by atoms with Crippen LogP contribution in [0.3, 0.4) is 0 Å². The summed E-state index contributed by atoms with van der Waals surface area (Å²) in [7, 11) is 0. The van der Waals surface area contributed by atoms with Gasteiger partial charge in [-0.05, 0) is 24.3 Å². The van der Waals surface area contributed by atoms with Crippen LogP contribution in [0.2, 0.25) is 0 Å². The summed E-state index contributed by atoms with van der Waals surface area (Å²) in [6, 6.07) is 1.84. The van der Waals surface area contributed by atoms with Crippen LogP contribution in [0.15, 0.2) is 16.8 Å². The van der Waals surface area contributed by atoms with Gasteiger partial charge in [0, 0.05) is 56.5 Å². The smallest absolute Gasteiger partial charge is 0.254 e. The fourth-order valence-electron chi connectivity index (χ4n) is 4.86. The van der Waals surface area contributed by atoms with Gasteiger partial charge in [-0.3, -0.25) is 14.4 Å². The molecule has 0 radical (unpaired) electrons. The van der Waals surface area contributed by atoms with Crippen molar-refractivity contribution in [1.29, 1.82) is 0 Å². The van der Waals surface area contributed by atoms with Gasteiger partial charge in [0.25, 0.3) is 5.91 Å². The largest absolute Gasteiger partial charge is 0.342 e. The van der Waals surface area contributed by atoms with Crippen LogP contribution in [0.4, 0.5) is 0 Å². The summed E-state index contributed by atoms with van der Waals surface area (Å²) < 4.78 is 0. The molecule has 0 aromatic carbocycles. The summed E-state index contributed by atoms with van der Waals surface area (Å²) in [5.74, 6) is 0.196. The lowest BCUT2D eigenvalue weighted by Gasteiger charge is -2.32. The highest BCUT2D eigenvalue weighted by molar-refractivity contribution is 7.08. The van der Waals surface area contributed by atoms with Crippen molar-refractivity contribution in [1.82, 2.24) is 14.7 Å². The summed E-state index contributed by atoms with van der Waals surface area (Å²) in [5, 5.41) is 3.76. The van der Waals surface area contributed by atoms with Gasteiger partial charge in [0.15, 0.2) is 0 Å². The Kier molecular flexibility index (Phi) is 4.74. The molecule has 0 bridgehead atoms. The molecular weight excluding hydrogens is 362 g/mol. The van der Waals surface area contributed by atoms with Crippen molar-refractivity contribution in [2.45, 2.75) is 26.7 Å². The van der Waals surface area contributed by atoms with Gasteiger partial charge in [0.1, 0.15) is 0 Å². The van der Waals surface area contributed by atoms with E-state index >= 15 is 0 Å². The number of fused-ring (bicyclic) bond motifs is 1. The second kappa shape index (κ2) is 6.93. The molecule has 3 saturated heterocycles. The molecular formula is C20H27N3O3S. The third kappa shape index (κ3) is 3.06. The molecule has 4 rings (SSSR count). The predicted molar refractivity (Wildman–Crippen MR) is 103 cm³/mol. The Hall–Kier alpha value is -1.89. The highest BCUT2D eigenvalue weighted by atomic mass is 32.1. The summed E-state index contributed by atoms with van der Waals surface area (Å²) in [6.45, 7) is 7.38. The number of hydrogen-bond acceptors (Lipinski definition) is 4. The van der Waals surface area contributed by atoms with E-state index in [4.69, 9.17) is 0 Å². The molecule has 3 aliphatic rings. The van der Waals surface area contributed by atoms with Crippen LogP contribution in [-0.2, 0) is 9.59 Å². The first-order valence-corrected chi connectivity index (χ1v) is 10.8. The first-order valence-electron chi connectivity index (χ1n) is 9.82. The quantitative estimate of drug-likeness (QED) is 0.794. The van der Waals surface area contributed by atoms with E-state index in [2.05, 4.69) is 0 Å². The average molecular weight is 390 g/mol. The van der Waals surface area contributed by atoms with E-state index < -0.39 is 5.41 Å². The van der Waals surface area contributed by atoms with Crippen molar-refractivity contribution < 1.29 is 14.4 Å². The van der Waals surface area contributed by atoms with Crippen molar-refractivity contribution in [2.24, 2.45) is 17.3 Å². The fraction of sp³-hybridized carbons (Fsp3) is 0.650. The minimum absolute atomic E-state index is 0.000910. The third-order valence-electron chi connectivity index (χ3n) is 6.29. The van der Waals surface area contributed by atoms with E-state index in [0.29, 0.717) is 31.7 Å². The monoisotopic (exact) mass is 389 g/mol. The highest BCUT2D eigenvalue weighted by Gasteiger charge is 2.60. The zero-order valence-electron chi connectivity index (χ0n) is 16.0. The molecule has 0 unspecified atom stereocenters. The van der Waals surface area contributed by atoms with Crippen LogP contribution < -0.4 is 0 Å². The van der Waals surface area contributed by atoms with Gasteiger partial charge in [-0.15, -0.1) is 0 Å². The normalized spacial score (nSPS) is 27.5. The molecule has 1 aromatic rings. The average Bonchev–Trinajstić information content (AvgIpc) is 3.43. The SMILES string of the molecule is CC(C)C(=O)N1C[C@H]2CN(C(=O)c3ccsc3)C[C@@]2(C(=O)N2CCCC2)C1. The molecule has 2 atom stereocenters. The second-order valence-corrected chi connectivity index (χ2v) is 9.20. The number of rotatable bonds is 3. The summed E-state index contributed by atoms with van der Waals surface area (Å²) in [5.41, 5.74) is 0.0551. The topological polar surface area (TPSA) is 60.9 Å². The number of thiophene rings is 1. The lowest BCUT2D eigenvalue weighted by atomic mass is 9.79. The van der Waals surface area contributed by atoms with Crippen molar-refractivity contribution in [3.05, 3.63) is 22.4 Å². The van der Waals surface area contributed by atoms with Crippen molar-refractivity contribution in [2.75, 3.05) is 39.3 Å². The summed E-state index contributed by atoms with van der Waals surface area (Å²) in [4.78, 5) is 44.6. The molecule has 0 saturated carbocycles. The lowest BCUT2D eigenvalue weighted by Crippen LogP contribution is -2.49. The maximum absolute atomic E-state index is 13.5. The molecule has 6 nitrogen and oxygen atoms in total. The molecule has 3 aliphatic heterocycles. The molecule has 1 aromatic heterocycles. The molecule has 0 aliphatic carbocycles. The Labute approximate surface area is 164 Å². The lowest BCUT2D eigenvalue weighted by molar-refractivity contribution is -0.141. The van der Waals surface area contributed by atoms with Crippen LogP contribution >= 0.6 is 11.3 Å². The van der Waals surface area contributed by atoms with E-state index in [1.807, 2.05) is 45.4 Å². The van der Waals surface area contributed by atoms with Gasteiger partial charge in [-0.1, -0.05) is 13.8 Å². The van der Waals surface area contributed by atoms with E-state index in [9.17, 15) is 14.4 Å². The molecule has 0 spiro atoms. The van der Waals surface area contributed by atoms with Gasteiger partial charge in [-0.25, -0.2) is 0 Å². The van der Waals surface area contributed by atoms with E-state index in [1.165, 1.54) is 11.3 Å². The van der Waals surface area contributed by atoms with Crippen LogP contribution in [0, 0.1) is 17.3 Å². The molecule has 3 amide bonds. The van der Waals surface area contributed by atoms with E-state index in [-0.39, 0.29) is 29.6 Å². The minimum atomic E-state index is -0.638. The maximum Gasteiger partial charge on any atom is 0.254 e. The number of likely N-dealkylation sites (tertiary alicyclic amines) is 3. The zero-order chi connectivity index (χ0) is 19.2. The number of carbonyl (C=O) groups excluding carboxylic acids is 3. The number of nitrogens with zero attached hydrogens (tertiary/aromatic N) is 3. The second-order valence-electron chi connectivity index (χ2n) is 8.42. The number of amides is 3. The molecule has 146 valence electrons. The summed E-state index contributed by atoms with van der Waals surface area (Å²) in [6.07, 6.45) is 2.08. The van der Waals surface area contributed by atoms with Crippen LogP contribution in [-0.4, -0.2) is 71.7 Å². The Morgan fingerprint density at radius 2 is 1.74 bits per heavy atom. The Morgan fingerprint density at radius 1 is 1.07 bits per heavy atom. The fourth-order valence-corrected chi connectivity index (χ4v) is 5.49. The van der Waals surface area contributed by atoms with Crippen LogP contribution in [0.5, 0.6) is 0 Å². The highest BCUT2D eigenvalue weighted by Crippen LogP contribution is 2.45. The molecule has 7 heteroatoms. The molecule has 27 heavy (non-hydrogen) atoms. The van der Waals surface area contributed by atoms with Gasteiger partial charge in [0.05, 0.1) is 11.0 Å². The van der Waals surface area contributed by atoms with Gasteiger partial charge < -0.3 is 14.7 Å². The van der Waals surface area contributed by atoms with Gasteiger partial charge >= 0.3 is 0 Å². The first kappa shape index (κ1) is 18.5. The van der Waals surface area contributed by atoms with Gasteiger partial charge in [0.2, 0.25) is 11.8 Å². The molecule has 4 heterocycles. The number of hydrogen-bond donors (Lipinski definition) is 0. The van der Waals surface area contributed by atoms with E-state index in [0.717, 1.165) is 25.9 Å². The zero-order valence-corrected chi connectivity index (χ0v) is 16.8. The first-order chi connectivity index (χ1) is 12.9. The van der Waals surface area contributed by atoms with E-state index in [1.54, 1.807) is 0 Å². The standard InChI is InChI=1S/C20H27N3O3S/c1-14(2)17(24)22-9-16-10-23(18(25)15-5-8-27-11-15)13-20(16,12-22)19(26)21-6-3-4-7-21/h5,8,11,14,16H,3-4,6-7,9-10,12-13H2,1-2H3/t16-,20-/m0/s1. The number of carbonyl (C=O) groups is 3. The maximum atomic E-state index is 13.5. The Balaban J connectivity index is 1.60. The van der Waals surface area contributed by atoms with Crippen LogP contribution in [0.25, 0.3) is 0 Å².